The van der Waals surface area contributed by atoms with Gasteiger partial charge < -0.3 is 4.74 Å². The highest BCUT2D eigenvalue weighted by molar-refractivity contribution is 6.00. The molecule has 1 aliphatic rings. The molecular weight excluding hydrogens is 156 g/mol. The number of rotatable bonds is 2. The molecule has 0 aromatic rings. The van der Waals surface area contributed by atoms with Crippen molar-refractivity contribution < 1.29 is 14.3 Å². The van der Waals surface area contributed by atoms with Gasteiger partial charge in [0.1, 0.15) is 0 Å². The van der Waals surface area contributed by atoms with Crippen LogP contribution in [0.25, 0.3) is 0 Å². The lowest BCUT2D eigenvalue weighted by Crippen LogP contribution is -2.08. The molecule has 0 atom stereocenters. The van der Waals surface area contributed by atoms with Crippen LogP contribution < -0.4 is 0 Å². The second-order valence-electron chi connectivity index (χ2n) is 2.56. The Hall–Kier alpha value is -1.38. The summed E-state index contributed by atoms with van der Waals surface area (Å²) in [5, 5.41) is 0. The molecular formula is C9H10O3. The molecule has 0 N–H and O–H groups in total. The molecule has 1 rings (SSSR count). The van der Waals surface area contributed by atoms with Crippen LogP contribution in [0.2, 0.25) is 0 Å². The molecule has 3 heteroatoms. The monoisotopic (exact) mass is 166 g/mol. The van der Waals surface area contributed by atoms with E-state index in [-0.39, 0.29) is 17.7 Å². The van der Waals surface area contributed by atoms with Crippen molar-refractivity contribution in [2.75, 3.05) is 7.11 Å². The molecule has 3 nitrogen and oxygen atoms in total. The molecule has 64 valence electrons. The number of ketones is 1. The maximum absolute atomic E-state index is 10.8. The molecule has 0 amide bonds. The molecule has 0 aliphatic heterocycles. The van der Waals surface area contributed by atoms with Gasteiger partial charge in [-0.15, -0.1) is 0 Å². The third-order valence-corrected chi connectivity index (χ3v) is 1.65. The van der Waals surface area contributed by atoms with Gasteiger partial charge in [0.15, 0.2) is 5.78 Å². The minimum atomic E-state index is -0.261. The predicted octanol–water partition coefficient (Wildman–Crippen LogP) is 0.861. The van der Waals surface area contributed by atoms with Crippen molar-refractivity contribution in [1.82, 2.24) is 0 Å². The van der Waals surface area contributed by atoms with Crippen molar-refractivity contribution in [3.8, 4) is 0 Å². The van der Waals surface area contributed by atoms with Crippen LogP contribution in [0.15, 0.2) is 24.3 Å². The summed E-state index contributed by atoms with van der Waals surface area (Å²) in [6, 6.07) is 0. The molecule has 0 radical (unpaired) electrons. The maximum Gasteiger partial charge on any atom is 0.306 e. The Morgan fingerprint density at radius 2 is 2.08 bits per heavy atom. The van der Waals surface area contributed by atoms with Crippen LogP contribution in [0.1, 0.15) is 6.42 Å². The first-order valence-electron chi connectivity index (χ1n) is 3.69. The van der Waals surface area contributed by atoms with E-state index in [0.717, 1.165) is 0 Å². The summed E-state index contributed by atoms with van der Waals surface area (Å²) in [7, 11) is 1.35. The summed E-state index contributed by atoms with van der Waals surface area (Å²) in [6.45, 7) is 0. The fourth-order valence-electron chi connectivity index (χ4n) is 0.968. The zero-order valence-corrected chi connectivity index (χ0v) is 6.82. The van der Waals surface area contributed by atoms with Crippen molar-refractivity contribution in [1.29, 1.82) is 0 Å². The Balaban J connectivity index is 2.46. The van der Waals surface area contributed by atoms with E-state index < -0.39 is 0 Å². The normalized spacial score (nSPS) is 16.6. The fraction of sp³-hybridized carbons (Fsp3) is 0.333. The van der Waals surface area contributed by atoms with Crippen LogP contribution >= 0.6 is 0 Å². The van der Waals surface area contributed by atoms with E-state index in [1.807, 2.05) is 0 Å². The van der Waals surface area contributed by atoms with Crippen LogP contribution in [0.5, 0.6) is 0 Å². The zero-order chi connectivity index (χ0) is 8.97. The van der Waals surface area contributed by atoms with E-state index >= 15 is 0 Å². The van der Waals surface area contributed by atoms with E-state index in [4.69, 9.17) is 0 Å². The summed E-state index contributed by atoms with van der Waals surface area (Å²) in [5.41, 5.74) is 0. The molecule has 0 saturated heterocycles. The number of carbonyl (C=O) groups excluding carboxylic acids is 2. The highest BCUT2D eigenvalue weighted by atomic mass is 16.5. The first-order chi connectivity index (χ1) is 5.72. The van der Waals surface area contributed by atoms with Gasteiger partial charge in [0.05, 0.1) is 13.5 Å². The Labute approximate surface area is 70.7 Å². The molecule has 0 unspecified atom stereocenters. The quantitative estimate of drug-likeness (QED) is 0.571. The Kier molecular flexibility index (Phi) is 2.80. The number of ether oxygens (including phenoxy) is 1. The van der Waals surface area contributed by atoms with E-state index in [1.165, 1.54) is 19.3 Å². The third-order valence-electron chi connectivity index (χ3n) is 1.65. The van der Waals surface area contributed by atoms with Crippen LogP contribution in [0, 0.1) is 5.92 Å². The standard InChI is InChI=1S/C9H10O3/c1-12-9(11)6-7-2-4-8(10)5-3-7/h2-5,7H,6H2,1H3. The van der Waals surface area contributed by atoms with Gasteiger partial charge >= 0.3 is 5.97 Å². The molecule has 0 heterocycles. The van der Waals surface area contributed by atoms with Crippen LogP contribution in [0.3, 0.4) is 0 Å². The van der Waals surface area contributed by atoms with E-state index in [2.05, 4.69) is 4.74 Å². The Bertz CT molecular complexity index is 234. The number of hydrogen-bond donors (Lipinski definition) is 0. The van der Waals surface area contributed by atoms with Crippen LogP contribution in [-0.4, -0.2) is 18.9 Å². The largest absolute Gasteiger partial charge is 0.469 e. The molecule has 0 aromatic heterocycles. The summed E-state index contributed by atoms with van der Waals surface area (Å²) < 4.78 is 4.49. The van der Waals surface area contributed by atoms with Gasteiger partial charge in [0.2, 0.25) is 0 Å². The molecule has 0 bridgehead atoms. The average Bonchev–Trinajstić information content (AvgIpc) is 2.09. The predicted molar refractivity (Wildman–Crippen MR) is 43.4 cm³/mol. The van der Waals surface area contributed by atoms with Gasteiger partial charge in [-0.3, -0.25) is 9.59 Å². The third kappa shape index (κ3) is 2.34. The molecule has 0 spiro atoms. The number of methoxy groups -OCH3 is 1. The lowest BCUT2D eigenvalue weighted by molar-refractivity contribution is -0.141. The van der Waals surface area contributed by atoms with Crippen LogP contribution in [0.4, 0.5) is 0 Å². The second-order valence-corrected chi connectivity index (χ2v) is 2.56. The SMILES string of the molecule is COC(=O)CC1C=CC(=O)C=C1. The van der Waals surface area contributed by atoms with E-state index in [0.29, 0.717) is 6.42 Å². The summed E-state index contributed by atoms with van der Waals surface area (Å²) in [6.07, 6.45) is 6.65. The molecule has 12 heavy (non-hydrogen) atoms. The Morgan fingerprint density at radius 1 is 1.50 bits per heavy atom. The van der Waals surface area contributed by atoms with Crippen molar-refractivity contribution in [3.63, 3.8) is 0 Å². The number of hydrogen-bond acceptors (Lipinski definition) is 3. The van der Waals surface area contributed by atoms with Crippen molar-refractivity contribution in [2.24, 2.45) is 5.92 Å². The van der Waals surface area contributed by atoms with E-state index in [9.17, 15) is 9.59 Å². The van der Waals surface area contributed by atoms with Gasteiger partial charge in [-0.2, -0.15) is 0 Å². The maximum atomic E-state index is 10.8. The topological polar surface area (TPSA) is 43.4 Å². The van der Waals surface area contributed by atoms with Crippen molar-refractivity contribution in [3.05, 3.63) is 24.3 Å². The average molecular weight is 166 g/mol. The minimum Gasteiger partial charge on any atom is -0.469 e. The molecule has 0 aromatic carbocycles. The molecule has 1 aliphatic carbocycles. The first-order valence-corrected chi connectivity index (χ1v) is 3.69. The van der Waals surface area contributed by atoms with Crippen molar-refractivity contribution >= 4 is 11.8 Å². The van der Waals surface area contributed by atoms with Gasteiger partial charge in [0.25, 0.3) is 0 Å². The van der Waals surface area contributed by atoms with Gasteiger partial charge in [-0.05, 0) is 12.2 Å². The van der Waals surface area contributed by atoms with Gasteiger partial charge in [0, 0.05) is 5.92 Å². The summed E-state index contributed by atoms with van der Waals surface area (Å²) >= 11 is 0. The van der Waals surface area contributed by atoms with Crippen LogP contribution in [-0.2, 0) is 14.3 Å². The van der Waals surface area contributed by atoms with E-state index in [1.54, 1.807) is 12.2 Å². The minimum absolute atomic E-state index is 0.00940. The zero-order valence-electron chi connectivity index (χ0n) is 6.82. The Morgan fingerprint density at radius 3 is 2.58 bits per heavy atom. The lowest BCUT2D eigenvalue weighted by atomic mass is 10.00. The van der Waals surface area contributed by atoms with Gasteiger partial charge in [-0.1, -0.05) is 12.2 Å². The summed E-state index contributed by atoms with van der Waals surface area (Å²) in [5.74, 6) is -0.282. The second kappa shape index (κ2) is 3.85. The fourth-order valence-corrected chi connectivity index (χ4v) is 0.968. The molecule has 0 saturated carbocycles. The first kappa shape index (κ1) is 8.71. The number of esters is 1. The molecule has 0 fully saturated rings. The number of allylic oxidation sites excluding steroid dienone is 4. The smallest absolute Gasteiger partial charge is 0.306 e. The highest BCUT2D eigenvalue weighted by Crippen LogP contribution is 2.12. The highest BCUT2D eigenvalue weighted by Gasteiger charge is 2.11. The number of carbonyl (C=O) groups is 2. The van der Waals surface area contributed by atoms with Crippen molar-refractivity contribution in [2.45, 2.75) is 6.42 Å². The van der Waals surface area contributed by atoms with Gasteiger partial charge in [-0.25, -0.2) is 0 Å². The summed E-state index contributed by atoms with van der Waals surface area (Å²) in [4.78, 5) is 21.5. The lowest BCUT2D eigenvalue weighted by Gasteiger charge is -2.07.